The lowest BCUT2D eigenvalue weighted by Crippen LogP contribution is -2.48. The molecule has 1 saturated heterocycles. The second-order valence-corrected chi connectivity index (χ2v) is 7.92. The third-order valence-electron chi connectivity index (χ3n) is 4.29. The van der Waals surface area contributed by atoms with Crippen LogP contribution in [0, 0.1) is 5.92 Å². The molecule has 0 aliphatic carbocycles. The van der Waals surface area contributed by atoms with Gasteiger partial charge in [0.15, 0.2) is 5.13 Å². The number of fused-ring (bicyclic) bond motifs is 1. The molecule has 3 aromatic rings. The fraction of sp³-hybridized carbons (Fsp3) is 0.412. The number of hydrogen-bond donors (Lipinski definition) is 0. The van der Waals surface area contributed by atoms with Gasteiger partial charge in [-0.05, 0) is 18.2 Å². The monoisotopic (exact) mass is 346 g/mol. The van der Waals surface area contributed by atoms with E-state index in [1.807, 2.05) is 24.4 Å². The van der Waals surface area contributed by atoms with Crippen LogP contribution in [-0.4, -0.2) is 27.6 Å². The van der Waals surface area contributed by atoms with E-state index in [0.717, 1.165) is 40.0 Å². The smallest absolute Gasteiger partial charge is 0.186 e. The molecular weight excluding hydrogens is 328 g/mol. The highest BCUT2D eigenvalue weighted by Gasteiger charge is 2.29. The van der Waals surface area contributed by atoms with Gasteiger partial charge in [-0.25, -0.2) is 9.97 Å². The van der Waals surface area contributed by atoms with E-state index < -0.39 is 0 Å². The van der Waals surface area contributed by atoms with Gasteiger partial charge in [0.25, 0.3) is 0 Å². The van der Waals surface area contributed by atoms with Gasteiger partial charge in [-0.15, -0.1) is 0 Å². The maximum atomic E-state index is 6.05. The standard InChI is InChI=1S/C17H19ClN4S/c1-11(2)16-19-5-6-21(16)8-12-9-22(10-12)17-20-14-4-3-13(18)7-15(14)23-17/h3-7,11-12H,8-10H2,1-2H3. The molecule has 1 fully saturated rings. The molecule has 1 aliphatic heterocycles. The Kier molecular flexibility index (Phi) is 3.77. The fourth-order valence-corrected chi connectivity index (χ4v) is 4.38. The minimum atomic E-state index is 0.468. The van der Waals surface area contributed by atoms with Gasteiger partial charge in [0.05, 0.1) is 10.2 Å². The minimum absolute atomic E-state index is 0.468. The Morgan fingerprint density at radius 2 is 2.17 bits per heavy atom. The quantitative estimate of drug-likeness (QED) is 0.701. The van der Waals surface area contributed by atoms with Crippen LogP contribution in [-0.2, 0) is 6.54 Å². The first-order valence-corrected chi connectivity index (χ1v) is 9.11. The van der Waals surface area contributed by atoms with Gasteiger partial charge in [0.1, 0.15) is 5.82 Å². The highest BCUT2D eigenvalue weighted by atomic mass is 35.5. The van der Waals surface area contributed by atoms with E-state index >= 15 is 0 Å². The lowest BCUT2D eigenvalue weighted by atomic mass is 10.0. The molecule has 23 heavy (non-hydrogen) atoms. The summed E-state index contributed by atoms with van der Waals surface area (Å²) in [6.45, 7) is 7.55. The summed E-state index contributed by atoms with van der Waals surface area (Å²) in [6, 6.07) is 5.89. The maximum Gasteiger partial charge on any atom is 0.186 e. The topological polar surface area (TPSA) is 34.0 Å². The molecule has 0 bridgehead atoms. The molecule has 3 heterocycles. The summed E-state index contributed by atoms with van der Waals surface area (Å²) in [5.74, 6) is 2.31. The SMILES string of the molecule is CC(C)c1nccn1CC1CN(c2nc3ccc(Cl)cc3s2)C1. The molecule has 0 amide bonds. The average Bonchev–Trinajstić information content (AvgIpc) is 3.07. The molecule has 1 aliphatic rings. The molecule has 120 valence electrons. The van der Waals surface area contributed by atoms with Crippen LogP contribution in [0.1, 0.15) is 25.6 Å². The zero-order chi connectivity index (χ0) is 16.0. The van der Waals surface area contributed by atoms with E-state index in [0.29, 0.717) is 11.8 Å². The number of imidazole rings is 1. The summed E-state index contributed by atoms with van der Waals surface area (Å²) in [5.41, 5.74) is 1.04. The summed E-state index contributed by atoms with van der Waals surface area (Å²) in [6.07, 6.45) is 4.00. The first-order chi connectivity index (χ1) is 11.1. The number of anilines is 1. The molecule has 6 heteroatoms. The molecule has 2 aromatic heterocycles. The Balaban J connectivity index is 1.43. The third kappa shape index (κ3) is 2.83. The Hall–Kier alpha value is -1.59. The van der Waals surface area contributed by atoms with Crippen molar-refractivity contribution in [2.24, 2.45) is 5.92 Å². The lowest BCUT2D eigenvalue weighted by Gasteiger charge is -2.39. The molecule has 0 N–H and O–H groups in total. The third-order valence-corrected chi connectivity index (χ3v) is 5.60. The van der Waals surface area contributed by atoms with Crippen molar-refractivity contribution in [1.82, 2.24) is 14.5 Å². The van der Waals surface area contributed by atoms with Crippen LogP contribution >= 0.6 is 22.9 Å². The first kappa shape index (κ1) is 15.0. The van der Waals surface area contributed by atoms with E-state index in [4.69, 9.17) is 16.6 Å². The zero-order valence-electron chi connectivity index (χ0n) is 13.2. The summed E-state index contributed by atoms with van der Waals surface area (Å²) in [7, 11) is 0. The average molecular weight is 347 g/mol. The molecule has 1 aromatic carbocycles. The maximum absolute atomic E-state index is 6.05. The molecule has 0 spiro atoms. The summed E-state index contributed by atoms with van der Waals surface area (Å²) in [5, 5.41) is 1.88. The second kappa shape index (κ2) is 5.80. The number of aromatic nitrogens is 3. The number of rotatable bonds is 4. The van der Waals surface area contributed by atoms with Gasteiger partial charge >= 0.3 is 0 Å². The summed E-state index contributed by atoms with van der Waals surface area (Å²) >= 11 is 7.78. The highest BCUT2D eigenvalue weighted by molar-refractivity contribution is 7.22. The largest absolute Gasteiger partial charge is 0.347 e. The Bertz CT molecular complexity index is 832. The molecular formula is C17H19ClN4S. The number of thiazole rings is 1. The predicted octanol–water partition coefficient (Wildman–Crippen LogP) is 4.41. The van der Waals surface area contributed by atoms with Crippen LogP contribution in [0.3, 0.4) is 0 Å². The normalized spacial score (nSPS) is 15.6. The van der Waals surface area contributed by atoms with Crippen LogP contribution in [0.15, 0.2) is 30.6 Å². The Labute approximate surface area is 144 Å². The molecule has 4 rings (SSSR count). The van der Waals surface area contributed by atoms with E-state index in [9.17, 15) is 0 Å². The van der Waals surface area contributed by atoms with Gasteiger partial charge < -0.3 is 9.47 Å². The lowest BCUT2D eigenvalue weighted by molar-refractivity contribution is 0.350. The van der Waals surface area contributed by atoms with E-state index in [2.05, 4.69) is 34.5 Å². The van der Waals surface area contributed by atoms with Gasteiger partial charge in [0, 0.05) is 48.9 Å². The predicted molar refractivity (Wildman–Crippen MR) is 96.6 cm³/mol. The minimum Gasteiger partial charge on any atom is -0.347 e. The van der Waals surface area contributed by atoms with Crippen LogP contribution in [0.2, 0.25) is 5.02 Å². The zero-order valence-corrected chi connectivity index (χ0v) is 14.8. The molecule has 0 radical (unpaired) electrons. The number of hydrogen-bond acceptors (Lipinski definition) is 4. The van der Waals surface area contributed by atoms with Crippen LogP contribution in [0.5, 0.6) is 0 Å². The van der Waals surface area contributed by atoms with Gasteiger partial charge in [0.2, 0.25) is 0 Å². The van der Waals surface area contributed by atoms with Crippen LogP contribution in [0.25, 0.3) is 10.2 Å². The van der Waals surface area contributed by atoms with E-state index in [-0.39, 0.29) is 0 Å². The highest BCUT2D eigenvalue weighted by Crippen LogP contribution is 2.34. The number of benzene rings is 1. The fourth-order valence-electron chi connectivity index (χ4n) is 3.12. The van der Waals surface area contributed by atoms with Crippen LogP contribution in [0.4, 0.5) is 5.13 Å². The second-order valence-electron chi connectivity index (χ2n) is 6.47. The Morgan fingerprint density at radius 1 is 1.35 bits per heavy atom. The van der Waals surface area contributed by atoms with Crippen molar-refractivity contribution in [3.8, 4) is 0 Å². The molecule has 0 atom stereocenters. The molecule has 0 saturated carbocycles. The molecule has 0 unspecified atom stereocenters. The van der Waals surface area contributed by atoms with Crippen molar-refractivity contribution in [2.75, 3.05) is 18.0 Å². The van der Waals surface area contributed by atoms with Crippen molar-refractivity contribution in [1.29, 1.82) is 0 Å². The van der Waals surface area contributed by atoms with Gasteiger partial charge in [-0.2, -0.15) is 0 Å². The van der Waals surface area contributed by atoms with Gasteiger partial charge in [-0.3, -0.25) is 0 Å². The molecule has 4 nitrogen and oxygen atoms in total. The van der Waals surface area contributed by atoms with Crippen LogP contribution < -0.4 is 4.90 Å². The van der Waals surface area contributed by atoms with E-state index in [1.54, 1.807) is 11.3 Å². The van der Waals surface area contributed by atoms with Crippen molar-refractivity contribution in [3.63, 3.8) is 0 Å². The number of nitrogens with zero attached hydrogens (tertiary/aromatic N) is 4. The van der Waals surface area contributed by atoms with Gasteiger partial charge in [-0.1, -0.05) is 36.8 Å². The first-order valence-electron chi connectivity index (χ1n) is 7.92. The Morgan fingerprint density at radius 3 is 2.96 bits per heavy atom. The summed E-state index contributed by atoms with van der Waals surface area (Å²) < 4.78 is 3.46. The van der Waals surface area contributed by atoms with Crippen molar-refractivity contribution >= 4 is 38.3 Å². The van der Waals surface area contributed by atoms with Crippen molar-refractivity contribution in [2.45, 2.75) is 26.3 Å². The van der Waals surface area contributed by atoms with Crippen molar-refractivity contribution < 1.29 is 0 Å². The van der Waals surface area contributed by atoms with Crippen molar-refractivity contribution in [3.05, 3.63) is 41.4 Å². The number of halogens is 1. The summed E-state index contributed by atoms with van der Waals surface area (Å²) in [4.78, 5) is 11.5. The van der Waals surface area contributed by atoms with E-state index in [1.165, 1.54) is 5.82 Å².